The second-order valence-corrected chi connectivity index (χ2v) is 6.74. The molecule has 0 bridgehead atoms. The predicted molar refractivity (Wildman–Crippen MR) is 96.7 cm³/mol. The molecule has 1 N–H and O–H groups in total. The van der Waals surface area contributed by atoms with Gasteiger partial charge in [0.1, 0.15) is 5.75 Å². The number of hydrogen-bond acceptors (Lipinski definition) is 3. The fraction of sp³-hybridized carbons (Fsp3) is 0.0667. The second-order valence-electron chi connectivity index (χ2n) is 4.58. The number of hydrogen-bond donors (Lipinski definition) is 1. The highest BCUT2D eigenvalue weighted by Crippen LogP contribution is 2.25. The molecule has 0 spiro atoms. The third-order valence-corrected chi connectivity index (χ3v) is 4.62. The number of H-pyrrole nitrogens is 1. The number of aromatic amines is 1. The first-order valence-electron chi connectivity index (χ1n) is 6.30. The highest BCUT2D eigenvalue weighted by atomic mass is 79.9. The molecule has 0 saturated heterocycles. The minimum absolute atomic E-state index is 0.175. The molecule has 22 heavy (non-hydrogen) atoms. The van der Waals surface area contributed by atoms with Crippen molar-refractivity contribution in [3.63, 3.8) is 0 Å². The van der Waals surface area contributed by atoms with Crippen LogP contribution in [0.3, 0.4) is 0 Å². The number of nitrogens with one attached hydrogen (secondary N) is 1. The van der Waals surface area contributed by atoms with E-state index >= 15 is 0 Å². The van der Waals surface area contributed by atoms with Crippen LogP contribution in [-0.2, 0) is 0 Å². The topological polar surface area (TPSA) is 47.0 Å². The summed E-state index contributed by atoms with van der Waals surface area (Å²) in [6, 6.07) is 10.8. The molecule has 0 fully saturated rings. The average Bonchev–Trinajstić information content (AvgIpc) is 2.49. The zero-order valence-corrected chi connectivity index (χ0v) is 15.4. The molecule has 112 valence electrons. The predicted octanol–water partition coefficient (Wildman–Crippen LogP) is 4.58. The van der Waals surface area contributed by atoms with Crippen LogP contribution >= 0.6 is 44.1 Å². The van der Waals surface area contributed by atoms with Crippen LogP contribution in [0.5, 0.6) is 5.75 Å². The molecule has 0 aliphatic heterocycles. The number of ether oxygens (including phenoxy) is 1. The highest BCUT2D eigenvalue weighted by Gasteiger charge is 2.11. The lowest BCUT2D eigenvalue weighted by molar-refractivity contribution is 0.414. The molecule has 0 saturated carbocycles. The van der Waals surface area contributed by atoms with Gasteiger partial charge in [0.15, 0.2) is 4.77 Å². The number of aromatic nitrogens is 2. The van der Waals surface area contributed by atoms with E-state index in [1.807, 2.05) is 6.07 Å². The van der Waals surface area contributed by atoms with Gasteiger partial charge in [0.2, 0.25) is 0 Å². The van der Waals surface area contributed by atoms with Crippen LogP contribution < -0.4 is 10.3 Å². The van der Waals surface area contributed by atoms with Crippen molar-refractivity contribution in [1.29, 1.82) is 0 Å². The van der Waals surface area contributed by atoms with Crippen molar-refractivity contribution in [2.75, 3.05) is 7.11 Å². The summed E-state index contributed by atoms with van der Waals surface area (Å²) in [5.74, 6) is 0.720. The Morgan fingerprint density at radius 1 is 1.18 bits per heavy atom. The smallest absolute Gasteiger partial charge is 0.266 e. The van der Waals surface area contributed by atoms with Gasteiger partial charge in [-0.15, -0.1) is 0 Å². The standard InChI is InChI=1S/C15H10Br2N2O2S/c1-21-10-4-2-9(3-5-10)19-14(20)11-6-8(16)7-12(17)13(11)18-15(19)22/h2-7H,1H3,(H,18,22). The molecule has 0 atom stereocenters. The van der Waals surface area contributed by atoms with Gasteiger partial charge >= 0.3 is 0 Å². The van der Waals surface area contributed by atoms with E-state index in [9.17, 15) is 4.79 Å². The lowest BCUT2D eigenvalue weighted by atomic mass is 10.2. The van der Waals surface area contributed by atoms with Gasteiger partial charge in [0.05, 0.1) is 23.7 Å². The van der Waals surface area contributed by atoms with Gasteiger partial charge < -0.3 is 9.72 Å². The van der Waals surface area contributed by atoms with Gasteiger partial charge in [-0.05, 0) is 64.5 Å². The van der Waals surface area contributed by atoms with Gasteiger partial charge in [0.25, 0.3) is 5.56 Å². The van der Waals surface area contributed by atoms with E-state index in [0.29, 0.717) is 21.4 Å². The Morgan fingerprint density at radius 2 is 1.86 bits per heavy atom. The van der Waals surface area contributed by atoms with E-state index in [-0.39, 0.29) is 5.56 Å². The Balaban J connectivity index is 2.34. The number of fused-ring (bicyclic) bond motifs is 1. The molecule has 3 rings (SSSR count). The van der Waals surface area contributed by atoms with Gasteiger partial charge in [-0.3, -0.25) is 9.36 Å². The van der Waals surface area contributed by atoms with Gasteiger partial charge in [-0.25, -0.2) is 0 Å². The van der Waals surface area contributed by atoms with E-state index in [1.54, 1.807) is 37.4 Å². The Hall–Kier alpha value is -1.44. The van der Waals surface area contributed by atoms with Crippen LogP contribution in [0.4, 0.5) is 0 Å². The summed E-state index contributed by atoms with van der Waals surface area (Å²) in [6.45, 7) is 0. The summed E-state index contributed by atoms with van der Waals surface area (Å²) < 4.78 is 8.54. The minimum atomic E-state index is -0.175. The van der Waals surface area contributed by atoms with Crippen LogP contribution in [0.2, 0.25) is 0 Å². The Kier molecular flexibility index (Phi) is 4.20. The maximum atomic E-state index is 12.8. The van der Waals surface area contributed by atoms with Crippen molar-refractivity contribution in [3.8, 4) is 11.4 Å². The van der Waals surface area contributed by atoms with Crippen LogP contribution in [0.15, 0.2) is 50.1 Å². The van der Waals surface area contributed by atoms with Crippen molar-refractivity contribution in [1.82, 2.24) is 9.55 Å². The third kappa shape index (κ3) is 2.64. The SMILES string of the molecule is COc1ccc(-n2c(=S)[nH]c3c(Br)cc(Br)cc3c2=O)cc1. The normalized spacial score (nSPS) is 10.9. The first kappa shape index (κ1) is 15.5. The molecule has 3 aromatic rings. The molecule has 7 heteroatoms. The summed E-state index contributed by atoms with van der Waals surface area (Å²) >= 11 is 12.2. The number of methoxy groups -OCH3 is 1. The largest absolute Gasteiger partial charge is 0.497 e. The van der Waals surface area contributed by atoms with Crippen LogP contribution in [0.25, 0.3) is 16.6 Å². The minimum Gasteiger partial charge on any atom is -0.497 e. The van der Waals surface area contributed by atoms with E-state index < -0.39 is 0 Å². The summed E-state index contributed by atoms with van der Waals surface area (Å²) in [6.07, 6.45) is 0. The van der Waals surface area contributed by atoms with Gasteiger partial charge in [-0.2, -0.15) is 0 Å². The summed E-state index contributed by atoms with van der Waals surface area (Å²) in [4.78, 5) is 15.9. The molecule has 1 heterocycles. The number of nitrogens with zero attached hydrogens (tertiary/aromatic N) is 1. The van der Waals surface area contributed by atoms with E-state index in [0.717, 1.165) is 14.7 Å². The Labute approximate surface area is 148 Å². The lowest BCUT2D eigenvalue weighted by Gasteiger charge is -2.10. The first-order valence-corrected chi connectivity index (χ1v) is 8.29. The highest BCUT2D eigenvalue weighted by molar-refractivity contribution is 9.11. The monoisotopic (exact) mass is 440 g/mol. The maximum Gasteiger partial charge on any atom is 0.266 e. The molecule has 0 amide bonds. The van der Waals surface area contributed by atoms with Crippen molar-refractivity contribution < 1.29 is 4.74 Å². The van der Waals surface area contributed by atoms with Crippen LogP contribution in [0.1, 0.15) is 0 Å². The van der Waals surface area contributed by atoms with Crippen molar-refractivity contribution in [2.45, 2.75) is 0 Å². The summed E-state index contributed by atoms with van der Waals surface area (Å²) in [7, 11) is 1.60. The zero-order chi connectivity index (χ0) is 15.9. The molecule has 0 unspecified atom stereocenters. The number of benzene rings is 2. The Bertz CT molecular complexity index is 978. The van der Waals surface area contributed by atoms with E-state index in [4.69, 9.17) is 17.0 Å². The second kappa shape index (κ2) is 5.98. The molecular formula is C15H10Br2N2O2S. The van der Waals surface area contributed by atoms with Gasteiger partial charge in [-0.1, -0.05) is 15.9 Å². The lowest BCUT2D eigenvalue weighted by Crippen LogP contribution is -2.20. The molecular weight excluding hydrogens is 432 g/mol. The molecule has 0 aliphatic carbocycles. The molecule has 1 aromatic heterocycles. The first-order chi connectivity index (χ1) is 10.5. The van der Waals surface area contributed by atoms with Crippen molar-refractivity contribution in [2.24, 2.45) is 0 Å². The van der Waals surface area contributed by atoms with Gasteiger partial charge in [0, 0.05) is 8.95 Å². The zero-order valence-electron chi connectivity index (χ0n) is 11.4. The summed E-state index contributed by atoms with van der Waals surface area (Å²) in [5.41, 5.74) is 1.19. The third-order valence-electron chi connectivity index (χ3n) is 3.25. The van der Waals surface area contributed by atoms with Crippen molar-refractivity contribution in [3.05, 3.63) is 60.5 Å². The quantitative estimate of drug-likeness (QED) is 0.592. The molecule has 4 nitrogen and oxygen atoms in total. The van der Waals surface area contributed by atoms with E-state index in [1.165, 1.54) is 4.57 Å². The number of rotatable bonds is 2. The van der Waals surface area contributed by atoms with E-state index in [2.05, 4.69) is 36.8 Å². The fourth-order valence-electron chi connectivity index (χ4n) is 2.21. The maximum absolute atomic E-state index is 12.8. The molecule has 2 aromatic carbocycles. The van der Waals surface area contributed by atoms with Crippen LogP contribution in [0, 0.1) is 4.77 Å². The summed E-state index contributed by atoms with van der Waals surface area (Å²) in [5, 5.41) is 0.547. The average molecular weight is 442 g/mol. The van der Waals surface area contributed by atoms with Crippen LogP contribution in [-0.4, -0.2) is 16.7 Å². The fourth-order valence-corrected chi connectivity index (χ4v) is 3.83. The molecule has 0 radical (unpaired) electrons. The Morgan fingerprint density at radius 3 is 2.50 bits per heavy atom. The van der Waals surface area contributed by atoms with Crippen molar-refractivity contribution >= 4 is 55.0 Å². The number of halogens is 2. The molecule has 0 aliphatic rings.